The Labute approximate surface area is 98.7 Å². The van der Waals surface area contributed by atoms with Crippen molar-refractivity contribution in [1.29, 1.82) is 0 Å². The normalized spacial score (nSPS) is 12.6. The Bertz CT molecular complexity index is 510. The summed E-state index contributed by atoms with van der Waals surface area (Å²) in [6.45, 7) is -0.283. The first kappa shape index (κ1) is 11.7. The van der Waals surface area contributed by atoms with Gasteiger partial charge in [0.25, 0.3) is 0 Å². The van der Waals surface area contributed by atoms with Crippen LogP contribution in [-0.4, -0.2) is 34.6 Å². The fourth-order valence-corrected chi connectivity index (χ4v) is 1.55. The van der Waals surface area contributed by atoms with E-state index in [0.29, 0.717) is 5.75 Å². The van der Waals surface area contributed by atoms with E-state index in [0.717, 1.165) is 10.8 Å². The predicted octanol–water partition coefficient (Wildman–Crippen LogP) is 1.28. The second-order valence-corrected chi connectivity index (χ2v) is 3.84. The number of fused-ring (bicyclic) bond motifs is 1. The van der Waals surface area contributed by atoms with Crippen LogP contribution in [0.25, 0.3) is 10.8 Å². The number of aliphatic hydroxyl groups excluding tert-OH is 2. The number of ether oxygens (including phenoxy) is 1. The van der Waals surface area contributed by atoms with E-state index in [9.17, 15) is 5.11 Å². The van der Waals surface area contributed by atoms with Crippen molar-refractivity contribution < 1.29 is 20.1 Å². The lowest BCUT2D eigenvalue weighted by molar-refractivity contribution is 0.0536. The minimum atomic E-state index is -0.880. The molecule has 2 rings (SSSR count). The first-order valence-electron chi connectivity index (χ1n) is 5.33. The molecule has 2 aromatic rings. The van der Waals surface area contributed by atoms with Gasteiger partial charge >= 0.3 is 0 Å². The van der Waals surface area contributed by atoms with Gasteiger partial charge in [-0.1, -0.05) is 12.1 Å². The summed E-state index contributed by atoms with van der Waals surface area (Å²) < 4.78 is 5.32. The third kappa shape index (κ3) is 2.87. The zero-order valence-electron chi connectivity index (χ0n) is 9.21. The largest absolute Gasteiger partial charge is 0.508 e. The summed E-state index contributed by atoms with van der Waals surface area (Å²) >= 11 is 0. The topological polar surface area (TPSA) is 69.9 Å². The molecule has 0 saturated heterocycles. The SMILES string of the molecule is OCC(O)COc1ccc2ccc(O)cc2c1. The molecular formula is C13H14O4. The zero-order chi connectivity index (χ0) is 12.3. The van der Waals surface area contributed by atoms with Gasteiger partial charge < -0.3 is 20.1 Å². The molecule has 4 nitrogen and oxygen atoms in total. The minimum absolute atomic E-state index is 0.0425. The molecule has 0 fully saturated rings. The molecule has 0 aliphatic rings. The summed E-state index contributed by atoms with van der Waals surface area (Å²) in [6.07, 6.45) is -0.880. The molecular weight excluding hydrogens is 220 g/mol. The molecule has 0 saturated carbocycles. The van der Waals surface area contributed by atoms with Crippen molar-refractivity contribution in [3.05, 3.63) is 36.4 Å². The molecule has 1 unspecified atom stereocenters. The molecule has 0 aromatic heterocycles. The van der Waals surface area contributed by atoms with Crippen LogP contribution < -0.4 is 4.74 Å². The van der Waals surface area contributed by atoms with Crippen LogP contribution in [0.1, 0.15) is 0 Å². The highest BCUT2D eigenvalue weighted by Crippen LogP contribution is 2.24. The number of aromatic hydroxyl groups is 1. The van der Waals surface area contributed by atoms with Crippen molar-refractivity contribution in [2.24, 2.45) is 0 Å². The maximum absolute atomic E-state index is 9.36. The summed E-state index contributed by atoms with van der Waals surface area (Å²) in [5.74, 6) is 0.792. The van der Waals surface area contributed by atoms with E-state index in [1.54, 1.807) is 24.3 Å². The van der Waals surface area contributed by atoms with E-state index in [2.05, 4.69) is 0 Å². The van der Waals surface area contributed by atoms with E-state index in [1.165, 1.54) is 0 Å². The van der Waals surface area contributed by atoms with Gasteiger partial charge in [0.15, 0.2) is 0 Å². The predicted molar refractivity (Wildman–Crippen MR) is 64.2 cm³/mol. The Morgan fingerprint density at radius 3 is 2.59 bits per heavy atom. The molecule has 0 amide bonds. The number of rotatable bonds is 4. The summed E-state index contributed by atoms with van der Waals surface area (Å²) in [5, 5.41) is 29.0. The third-order valence-corrected chi connectivity index (χ3v) is 2.45. The summed E-state index contributed by atoms with van der Waals surface area (Å²) in [6, 6.07) is 10.5. The molecule has 90 valence electrons. The molecule has 0 bridgehead atoms. The molecule has 1 atom stereocenters. The Morgan fingerprint density at radius 2 is 1.82 bits per heavy atom. The van der Waals surface area contributed by atoms with E-state index in [4.69, 9.17) is 14.9 Å². The van der Waals surface area contributed by atoms with Gasteiger partial charge in [-0.05, 0) is 35.0 Å². The summed E-state index contributed by atoms with van der Waals surface area (Å²) in [5.41, 5.74) is 0. The van der Waals surface area contributed by atoms with Gasteiger partial charge in [0, 0.05) is 0 Å². The average Bonchev–Trinajstić information content (AvgIpc) is 2.35. The van der Waals surface area contributed by atoms with Crippen molar-refractivity contribution in [3.8, 4) is 11.5 Å². The first-order valence-corrected chi connectivity index (χ1v) is 5.33. The Balaban J connectivity index is 2.19. The van der Waals surface area contributed by atoms with Gasteiger partial charge in [0.1, 0.15) is 24.2 Å². The minimum Gasteiger partial charge on any atom is -0.508 e. The van der Waals surface area contributed by atoms with Crippen LogP contribution in [0.3, 0.4) is 0 Å². The first-order chi connectivity index (χ1) is 8.19. The van der Waals surface area contributed by atoms with E-state index < -0.39 is 6.10 Å². The van der Waals surface area contributed by atoms with Crippen molar-refractivity contribution in [1.82, 2.24) is 0 Å². The average molecular weight is 234 g/mol. The Kier molecular flexibility index (Phi) is 3.46. The molecule has 0 heterocycles. The van der Waals surface area contributed by atoms with Gasteiger partial charge in [-0.2, -0.15) is 0 Å². The number of benzene rings is 2. The maximum Gasteiger partial charge on any atom is 0.120 e. The lowest BCUT2D eigenvalue weighted by Crippen LogP contribution is -2.21. The van der Waals surface area contributed by atoms with Crippen LogP contribution in [0.2, 0.25) is 0 Å². The van der Waals surface area contributed by atoms with Crippen LogP contribution in [0.5, 0.6) is 11.5 Å². The van der Waals surface area contributed by atoms with Gasteiger partial charge in [-0.3, -0.25) is 0 Å². The number of phenolic OH excluding ortho intramolecular Hbond substituents is 1. The van der Waals surface area contributed by atoms with Crippen LogP contribution in [0.15, 0.2) is 36.4 Å². The third-order valence-electron chi connectivity index (χ3n) is 2.45. The molecule has 4 heteroatoms. The number of phenols is 1. The molecule has 2 aromatic carbocycles. The lowest BCUT2D eigenvalue weighted by Gasteiger charge is -2.10. The molecule has 0 spiro atoms. The van der Waals surface area contributed by atoms with E-state index >= 15 is 0 Å². The second-order valence-electron chi connectivity index (χ2n) is 3.84. The van der Waals surface area contributed by atoms with Gasteiger partial charge in [-0.15, -0.1) is 0 Å². The van der Waals surface area contributed by atoms with E-state index in [1.807, 2.05) is 12.1 Å². The number of aliphatic hydroxyl groups is 2. The lowest BCUT2D eigenvalue weighted by atomic mass is 10.1. The van der Waals surface area contributed by atoms with Crippen molar-refractivity contribution in [2.45, 2.75) is 6.10 Å². The molecule has 17 heavy (non-hydrogen) atoms. The Morgan fingerprint density at radius 1 is 1.06 bits per heavy atom. The monoisotopic (exact) mass is 234 g/mol. The van der Waals surface area contributed by atoms with Crippen molar-refractivity contribution in [3.63, 3.8) is 0 Å². The van der Waals surface area contributed by atoms with E-state index in [-0.39, 0.29) is 19.0 Å². The van der Waals surface area contributed by atoms with Gasteiger partial charge in [-0.25, -0.2) is 0 Å². The summed E-state index contributed by atoms with van der Waals surface area (Å²) in [4.78, 5) is 0. The fraction of sp³-hybridized carbons (Fsp3) is 0.231. The highest BCUT2D eigenvalue weighted by atomic mass is 16.5. The number of hydrogen-bond acceptors (Lipinski definition) is 4. The van der Waals surface area contributed by atoms with Crippen LogP contribution >= 0.6 is 0 Å². The summed E-state index contributed by atoms with van der Waals surface area (Å²) in [7, 11) is 0. The van der Waals surface area contributed by atoms with Gasteiger partial charge in [0.2, 0.25) is 0 Å². The van der Waals surface area contributed by atoms with Crippen molar-refractivity contribution in [2.75, 3.05) is 13.2 Å². The highest BCUT2D eigenvalue weighted by molar-refractivity contribution is 5.85. The molecule has 3 N–H and O–H groups in total. The molecule has 0 aliphatic heterocycles. The number of hydrogen-bond donors (Lipinski definition) is 3. The smallest absolute Gasteiger partial charge is 0.120 e. The van der Waals surface area contributed by atoms with Crippen molar-refractivity contribution >= 4 is 10.8 Å². The van der Waals surface area contributed by atoms with Gasteiger partial charge in [0.05, 0.1) is 6.61 Å². The standard InChI is InChI=1S/C13H14O4/c14-7-12(16)8-17-13-4-2-9-1-3-11(15)5-10(9)6-13/h1-6,12,14-16H,7-8H2. The molecule has 0 radical (unpaired) electrons. The van der Waals surface area contributed by atoms with Crippen LogP contribution in [0.4, 0.5) is 0 Å². The van der Waals surface area contributed by atoms with Crippen LogP contribution in [0, 0.1) is 0 Å². The zero-order valence-corrected chi connectivity index (χ0v) is 9.21. The maximum atomic E-state index is 9.36. The fourth-order valence-electron chi connectivity index (χ4n) is 1.55. The van der Waals surface area contributed by atoms with Crippen LogP contribution in [-0.2, 0) is 0 Å². The quantitative estimate of drug-likeness (QED) is 0.745. The highest BCUT2D eigenvalue weighted by Gasteiger charge is 2.04. The molecule has 0 aliphatic carbocycles. The Hall–Kier alpha value is -1.78. The second kappa shape index (κ2) is 5.03.